The second-order valence-corrected chi connectivity index (χ2v) is 9.77. The zero-order valence-corrected chi connectivity index (χ0v) is 22.7. The number of nitrogens with one attached hydrogen (secondary N) is 2. The lowest BCUT2D eigenvalue weighted by molar-refractivity contribution is -0.137. The van der Waals surface area contributed by atoms with Gasteiger partial charge in [0.25, 0.3) is 5.91 Å². The fourth-order valence-corrected chi connectivity index (χ4v) is 4.77. The van der Waals surface area contributed by atoms with Gasteiger partial charge in [-0.2, -0.15) is 18.3 Å². The number of halogens is 4. The largest absolute Gasteiger partial charge is 0.422 e. The molecule has 0 fully saturated rings. The summed E-state index contributed by atoms with van der Waals surface area (Å²) in [6.45, 7) is 0. The predicted octanol–water partition coefficient (Wildman–Crippen LogP) is 7.44. The van der Waals surface area contributed by atoms with Gasteiger partial charge in [0.05, 0.1) is 22.9 Å². The van der Waals surface area contributed by atoms with E-state index in [0.29, 0.717) is 11.3 Å². The molecule has 0 aliphatic heterocycles. The van der Waals surface area contributed by atoms with Crippen LogP contribution in [0.3, 0.4) is 0 Å². The number of aromatic amines is 1. The van der Waals surface area contributed by atoms with Crippen LogP contribution in [0.15, 0.2) is 102 Å². The monoisotopic (exact) mass is 653 g/mol. The zero-order valence-electron chi connectivity index (χ0n) is 20.5. The van der Waals surface area contributed by atoms with E-state index in [0.717, 1.165) is 43.8 Å². The zero-order chi connectivity index (χ0) is 28.3. The van der Waals surface area contributed by atoms with Crippen LogP contribution in [0.4, 0.5) is 13.2 Å². The number of hydrogen-bond donors (Lipinski definition) is 2. The normalized spacial score (nSPS) is 11.6. The SMILES string of the molecule is O=C(Oc1ccccc1C=NNC(=O)c1[nH]c2c(I)cccc2c1-c1ccccc1)c1cccc(C(F)(F)F)c1. The third-order valence-corrected chi connectivity index (χ3v) is 6.89. The van der Waals surface area contributed by atoms with Crippen LogP contribution >= 0.6 is 22.6 Å². The lowest BCUT2D eigenvalue weighted by Gasteiger charge is -2.10. The molecule has 4 aromatic carbocycles. The van der Waals surface area contributed by atoms with E-state index in [9.17, 15) is 22.8 Å². The van der Waals surface area contributed by atoms with Crippen LogP contribution in [-0.4, -0.2) is 23.1 Å². The van der Waals surface area contributed by atoms with Gasteiger partial charge in [0.2, 0.25) is 0 Å². The third kappa shape index (κ3) is 5.76. The lowest BCUT2D eigenvalue weighted by atomic mass is 10.0. The Labute approximate surface area is 240 Å². The van der Waals surface area contributed by atoms with Crippen molar-refractivity contribution >= 4 is 51.6 Å². The smallest absolute Gasteiger partial charge is 0.416 e. The Kier molecular flexibility index (Phi) is 7.69. The van der Waals surface area contributed by atoms with Crippen molar-refractivity contribution in [1.82, 2.24) is 10.4 Å². The average molecular weight is 653 g/mol. The van der Waals surface area contributed by atoms with Crippen LogP contribution in [0.5, 0.6) is 5.75 Å². The number of hydrogen-bond acceptors (Lipinski definition) is 4. The number of benzene rings is 4. The summed E-state index contributed by atoms with van der Waals surface area (Å²) in [4.78, 5) is 29.0. The van der Waals surface area contributed by atoms with Gasteiger partial charge < -0.3 is 9.72 Å². The number of ether oxygens (including phenoxy) is 1. The van der Waals surface area contributed by atoms with Gasteiger partial charge in [0, 0.05) is 20.1 Å². The van der Waals surface area contributed by atoms with Crippen molar-refractivity contribution < 1.29 is 27.5 Å². The minimum absolute atomic E-state index is 0.0630. The molecule has 40 heavy (non-hydrogen) atoms. The Morgan fingerprint density at radius 2 is 1.62 bits per heavy atom. The number of carbonyl (C=O) groups is 2. The van der Waals surface area contributed by atoms with Crippen molar-refractivity contribution in [1.29, 1.82) is 0 Å². The summed E-state index contributed by atoms with van der Waals surface area (Å²) in [6, 6.07) is 25.6. The molecular weight excluding hydrogens is 634 g/mol. The van der Waals surface area contributed by atoms with Crippen LogP contribution in [0.2, 0.25) is 0 Å². The number of aromatic nitrogens is 1. The Hall–Kier alpha value is -4.45. The van der Waals surface area contributed by atoms with E-state index in [1.807, 2.05) is 48.5 Å². The number of rotatable bonds is 6. The summed E-state index contributed by atoms with van der Waals surface area (Å²) in [5.74, 6) is -1.38. The number of alkyl halides is 3. The molecule has 0 unspecified atom stereocenters. The maximum atomic E-state index is 13.2. The summed E-state index contributed by atoms with van der Waals surface area (Å²) >= 11 is 2.20. The van der Waals surface area contributed by atoms with Gasteiger partial charge in [-0.05, 0) is 64.6 Å². The van der Waals surface area contributed by atoms with Crippen molar-refractivity contribution in [3.63, 3.8) is 0 Å². The standard InChI is InChI=1S/C30H19F3IN3O3/c31-30(32,33)21-12-6-11-19(16-21)29(39)40-24-15-5-4-10-20(24)17-35-37-28(38)27-25(18-8-2-1-3-9-18)22-13-7-14-23(34)26(22)36-27/h1-17,36H,(H,37,38). The number of esters is 1. The molecule has 1 heterocycles. The van der Waals surface area contributed by atoms with Gasteiger partial charge >= 0.3 is 12.1 Å². The van der Waals surface area contributed by atoms with Gasteiger partial charge in [-0.3, -0.25) is 4.79 Å². The van der Waals surface area contributed by atoms with E-state index >= 15 is 0 Å². The molecule has 6 nitrogen and oxygen atoms in total. The molecule has 5 aromatic rings. The number of para-hydroxylation sites is 2. The minimum Gasteiger partial charge on any atom is -0.422 e. The van der Waals surface area contributed by atoms with E-state index in [4.69, 9.17) is 4.74 Å². The molecular formula is C30H19F3IN3O3. The highest BCUT2D eigenvalue weighted by atomic mass is 127. The first-order valence-electron chi connectivity index (χ1n) is 11.9. The quantitative estimate of drug-likeness (QED) is 0.0657. The topological polar surface area (TPSA) is 83.5 Å². The number of amides is 1. The molecule has 1 aromatic heterocycles. The Bertz CT molecular complexity index is 1750. The van der Waals surface area contributed by atoms with Gasteiger partial charge in [-0.25, -0.2) is 10.2 Å². The van der Waals surface area contributed by atoms with Crippen molar-refractivity contribution in [3.8, 4) is 16.9 Å². The highest BCUT2D eigenvalue weighted by molar-refractivity contribution is 14.1. The second-order valence-electron chi connectivity index (χ2n) is 8.61. The van der Waals surface area contributed by atoms with E-state index < -0.39 is 23.6 Å². The molecule has 0 atom stereocenters. The average Bonchev–Trinajstić information content (AvgIpc) is 3.35. The summed E-state index contributed by atoms with van der Waals surface area (Å²) in [5, 5.41) is 4.93. The first-order chi connectivity index (χ1) is 19.2. The third-order valence-electron chi connectivity index (χ3n) is 5.99. The molecule has 0 aliphatic rings. The summed E-state index contributed by atoms with van der Waals surface area (Å²) in [5.41, 5.74) is 4.37. The van der Waals surface area contributed by atoms with E-state index in [1.54, 1.807) is 18.2 Å². The maximum absolute atomic E-state index is 13.2. The van der Waals surface area contributed by atoms with Crippen molar-refractivity contribution in [2.45, 2.75) is 6.18 Å². The van der Waals surface area contributed by atoms with Crippen molar-refractivity contribution in [2.24, 2.45) is 5.10 Å². The first-order valence-corrected chi connectivity index (χ1v) is 13.0. The molecule has 0 radical (unpaired) electrons. The number of nitrogens with zero attached hydrogens (tertiary/aromatic N) is 1. The fourth-order valence-electron chi connectivity index (χ4n) is 4.13. The molecule has 0 aliphatic carbocycles. The molecule has 0 spiro atoms. The fraction of sp³-hybridized carbons (Fsp3) is 0.0333. The van der Waals surface area contributed by atoms with Crippen molar-refractivity contribution in [3.05, 3.63) is 123 Å². The Balaban J connectivity index is 1.38. The van der Waals surface area contributed by atoms with Crippen LogP contribution < -0.4 is 10.2 Å². The molecule has 1 amide bonds. The molecule has 2 N–H and O–H groups in total. The van der Waals surface area contributed by atoms with Gasteiger partial charge in [0.1, 0.15) is 11.4 Å². The van der Waals surface area contributed by atoms with Crippen LogP contribution in [-0.2, 0) is 6.18 Å². The summed E-state index contributed by atoms with van der Waals surface area (Å²) in [6.07, 6.45) is -3.30. The number of fused-ring (bicyclic) bond motifs is 1. The van der Waals surface area contributed by atoms with Crippen LogP contribution in [0, 0.1) is 3.57 Å². The van der Waals surface area contributed by atoms with Crippen LogP contribution in [0.25, 0.3) is 22.0 Å². The molecule has 0 saturated carbocycles. The van der Waals surface area contributed by atoms with Crippen molar-refractivity contribution in [2.75, 3.05) is 0 Å². The molecule has 200 valence electrons. The summed E-state index contributed by atoms with van der Waals surface area (Å²) in [7, 11) is 0. The van der Waals surface area contributed by atoms with E-state index in [1.165, 1.54) is 18.3 Å². The Morgan fingerprint density at radius 1 is 0.900 bits per heavy atom. The molecule has 5 rings (SSSR count). The second kappa shape index (κ2) is 11.3. The summed E-state index contributed by atoms with van der Waals surface area (Å²) < 4.78 is 45.4. The highest BCUT2D eigenvalue weighted by Gasteiger charge is 2.31. The maximum Gasteiger partial charge on any atom is 0.416 e. The minimum atomic E-state index is -4.59. The highest BCUT2D eigenvalue weighted by Crippen LogP contribution is 2.34. The van der Waals surface area contributed by atoms with Gasteiger partial charge in [0.15, 0.2) is 0 Å². The first kappa shape index (κ1) is 27.1. The Morgan fingerprint density at radius 3 is 2.40 bits per heavy atom. The number of carbonyl (C=O) groups excluding carboxylic acids is 2. The molecule has 10 heteroatoms. The molecule has 0 bridgehead atoms. The number of hydrazone groups is 1. The molecule has 0 saturated heterocycles. The lowest BCUT2D eigenvalue weighted by Crippen LogP contribution is -2.19. The van der Waals surface area contributed by atoms with Gasteiger partial charge in [-0.1, -0.05) is 60.7 Å². The number of H-pyrrole nitrogens is 1. The predicted molar refractivity (Wildman–Crippen MR) is 154 cm³/mol. The van der Waals surface area contributed by atoms with Gasteiger partial charge in [-0.15, -0.1) is 0 Å². The van der Waals surface area contributed by atoms with E-state index in [2.05, 4.69) is 38.1 Å². The van der Waals surface area contributed by atoms with E-state index in [-0.39, 0.29) is 11.3 Å². The van der Waals surface area contributed by atoms with Crippen LogP contribution in [0.1, 0.15) is 32.0 Å².